The van der Waals surface area contributed by atoms with Crippen LogP contribution in [0.25, 0.3) is 10.9 Å². The quantitative estimate of drug-likeness (QED) is 0.677. The first-order valence-electron chi connectivity index (χ1n) is 10.7. The first-order chi connectivity index (χ1) is 14.6. The summed E-state index contributed by atoms with van der Waals surface area (Å²) in [7, 11) is 2.07. The zero-order valence-electron chi connectivity index (χ0n) is 17.4. The van der Waals surface area contributed by atoms with Crippen molar-refractivity contribution in [2.75, 3.05) is 37.7 Å². The number of aromatic nitrogens is 4. The van der Waals surface area contributed by atoms with Crippen molar-refractivity contribution in [1.29, 1.82) is 0 Å². The van der Waals surface area contributed by atoms with Crippen molar-refractivity contribution in [2.45, 2.75) is 32.4 Å². The van der Waals surface area contributed by atoms with Gasteiger partial charge in [0.05, 0.1) is 41.8 Å². The molecule has 0 amide bonds. The number of piperazine rings is 1. The van der Waals surface area contributed by atoms with Crippen molar-refractivity contribution in [1.82, 2.24) is 24.2 Å². The predicted molar refractivity (Wildman–Crippen MR) is 116 cm³/mol. The molecule has 0 spiro atoms. The van der Waals surface area contributed by atoms with Crippen LogP contribution in [0.1, 0.15) is 23.4 Å². The number of hydrogen-bond donors (Lipinski definition) is 1. The van der Waals surface area contributed by atoms with Gasteiger partial charge in [-0.1, -0.05) is 0 Å². The number of nitrogens with zero attached hydrogens (tertiary/aromatic N) is 6. The standard InChI is InChI=1S/C22H28N6O2/c1-25-21(17-3-2-4-19(17)24-25)14-26-7-9-27(10-8-26)16-5-6-18-20(13-16)23-15-28(11-12-29)22(18)30/h5-6,13,15,29H,2-4,7-12,14H2,1H3. The first-order valence-corrected chi connectivity index (χ1v) is 10.7. The Balaban J connectivity index is 1.28. The molecule has 1 saturated heterocycles. The van der Waals surface area contributed by atoms with E-state index in [2.05, 4.69) is 26.5 Å². The van der Waals surface area contributed by atoms with Gasteiger partial charge in [0, 0.05) is 45.5 Å². The molecule has 2 aromatic heterocycles. The highest BCUT2D eigenvalue weighted by atomic mass is 16.3. The second kappa shape index (κ2) is 7.85. The summed E-state index contributed by atoms with van der Waals surface area (Å²) in [5.74, 6) is 0. The van der Waals surface area contributed by atoms with Crippen molar-refractivity contribution in [3.05, 3.63) is 51.8 Å². The molecular weight excluding hydrogens is 380 g/mol. The molecular formula is C22H28N6O2. The third-order valence-corrected chi connectivity index (χ3v) is 6.46. The van der Waals surface area contributed by atoms with Gasteiger partial charge < -0.3 is 10.0 Å². The van der Waals surface area contributed by atoms with E-state index in [0.717, 1.165) is 44.8 Å². The summed E-state index contributed by atoms with van der Waals surface area (Å²) in [6, 6.07) is 5.88. The minimum atomic E-state index is -0.103. The third-order valence-electron chi connectivity index (χ3n) is 6.46. The average Bonchev–Trinajstić information content (AvgIpc) is 3.32. The van der Waals surface area contributed by atoms with Crippen LogP contribution in [0.2, 0.25) is 0 Å². The van der Waals surface area contributed by atoms with E-state index in [-0.39, 0.29) is 18.7 Å². The van der Waals surface area contributed by atoms with E-state index in [9.17, 15) is 4.79 Å². The molecule has 5 rings (SSSR count). The molecule has 1 N–H and O–H groups in total. The second-order valence-electron chi connectivity index (χ2n) is 8.28. The number of rotatable bonds is 5. The van der Waals surface area contributed by atoms with Gasteiger partial charge in [0.1, 0.15) is 0 Å². The van der Waals surface area contributed by atoms with E-state index in [1.165, 1.54) is 40.7 Å². The fourth-order valence-corrected chi connectivity index (χ4v) is 4.77. The highest BCUT2D eigenvalue weighted by Gasteiger charge is 2.24. The molecule has 1 fully saturated rings. The lowest BCUT2D eigenvalue weighted by Crippen LogP contribution is -2.46. The van der Waals surface area contributed by atoms with Crippen LogP contribution in [0.5, 0.6) is 0 Å². The van der Waals surface area contributed by atoms with Gasteiger partial charge in [-0.25, -0.2) is 4.98 Å². The molecule has 0 bridgehead atoms. The Morgan fingerprint density at radius 2 is 1.97 bits per heavy atom. The maximum Gasteiger partial charge on any atom is 0.261 e. The molecule has 0 saturated carbocycles. The normalized spacial score (nSPS) is 17.1. The molecule has 8 heteroatoms. The molecule has 0 radical (unpaired) electrons. The topological polar surface area (TPSA) is 79.4 Å². The average molecular weight is 409 g/mol. The fraction of sp³-hybridized carbons (Fsp3) is 0.500. The van der Waals surface area contributed by atoms with Crippen LogP contribution in [0, 0.1) is 0 Å². The molecule has 2 aliphatic rings. The Hall–Kier alpha value is -2.71. The fourth-order valence-electron chi connectivity index (χ4n) is 4.77. The van der Waals surface area contributed by atoms with Crippen LogP contribution >= 0.6 is 0 Å². The Bertz CT molecular complexity index is 1130. The molecule has 30 heavy (non-hydrogen) atoms. The highest BCUT2D eigenvalue weighted by molar-refractivity contribution is 5.81. The molecule has 8 nitrogen and oxygen atoms in total. The third kappa shape index (κ3) is 3.40. The Morgan fingerprint density at radius 3 is 2.77 bits per heavy atom. The number of hydrogen-bond acceptors (Lipinski definition) is 6. The van der Waals surface area contributed by atoms with Gasteiger partial charge in [-0.3, -0.25) is 18.9 Å². The second-order valence-corrected chi connectivity index (χ2v) is 8.28. The molecule has 3 aromatic rings. The summed E-state index contributed by atoms with van der Waals surface area (Å²) in [5, 5.41) is 14.4. The van der Waals surface area contributed by atoms with Gasteiger partial charge in [-0.05, 0) is 43.0 Å². The lowest BCUT2D eigenvalue weighted by atomic mass is 10.1. The summed E-state index contributed by atoms with van der Waals surface area (Å²) >= 11 is 0. The Morgan fingerprint density at radius 1 is 1.13 bits per heavy atom. The van der Waals surface area contributed by atoms with Crippen LogP contribution in [0.4, 0.5) is 5.69 Å². The van der Waals surface area contributed by atoms with Crippen LogP contribution in [0.3, 0.4) is 0 Å². The van der Waals surface area contributed by atoms with Crippen molar-refractivity contribution < 1.29 is 5.11 Å². The van der Waals surface area contributed by atoms with E-state index < -0.39 is 0 Å². The van der Waals surface area contributed by atoms with Crippen LogP contribution < -0.4 is 10.5 Å². The van der Waals surface area contributed by atoms with Crippen molar-refractivity contribution in [3.63, 3.8) is 0 Å². The summed E-state index contributed by atoms with van der Waals surface area (Å²) in [5.41, 5.74) is 5.87. The van der Waals surface area contributed by atoms with E-state index in [1.54, 1.807) is 0 Å². The maximum absolute atomic E-state index is 12.5. The van der Waals surface area contributed by atoms with Gasteiger partial charge in [0.2, 0.25) is 0 Å². The minimum absolute atomic E-state index is 0.0723. The number of aryl methyl sites for hydroxylation is 2. The zero-order chi connectivity index (χ0) is 20.7. The van der Waals surface area contributed by atoms with Gasteiger partial charge in [-0.2, -0.15) is 5.10 Å². The van der Waals surface area contributed by atoms with E-state index in [4.69, 9.17) is 10.2 Å². The van der Waals surface area contributed by atoms with Crippen molar-refractivity contribution in [3.8, 4) is 0 Å². The minimum Gasteiger partial charge on any atom is -0.395 e. The maximum atomic E-state index is 12.5. The smallest absolute Gasteiger partial charge is 0.261 e. The van der Waals surface area contributed by atoms with Gasteiger partial charge >= 0.3 is 0 Å². The zero-order valence-corrected chi connectivity index (χ0v) is 17.4. The molecule has 0 unspecified atom stereocenters. The number of anilines is 1. The molecule has 0 atom stereocenters. The molecule has 3 heterocycles. The molecule has 158 valence electrons. The molecule has 1 aliphatic carbocycles. The van der Waals surface area contributed by atoms with E-state index >= 15 is 0 Å². The Kier molecular flexibility index (Phi) is 5.04. The number of aliphatic hydroxyl groups excluding tert-OH is 1. The van der Waals surface area contributed by atoms with Crippen LogP contribution in [0.15, 0.2) is 29.3 Å². The van der Waals surface area contributed by atoms with Gasteiger partial charge in [-0.15, -0.1) is 0 Å². The van der Waals surface area contributed by atoms with Gasteiger partial charge in [0.25, 0.3) is 5.56 Å². The predicted octanol–water partition coefficient (Wildman–Crippen LogP) is 0.933. The highest BCUT2D eigenvalue weighted by Crippen LogP contribution is 2.26. The van der Waals surface area contributed by atoms with Crippen LogP contribution in [-0.4, -0.2) is 62.1 Å². The van der Waals surface area contributed by atoms with Gasteiger partial charge in [0.15, 0.2) is 0 Å². The lowest BCUT2D eigenvalue weighted by molar-refractivity contribution is 0.243. The number of aliphatic hydroxyl groups is 1. The van der Waals surface area contributed by atoms with E-state index in [1.807, 2.05) is 18.2 Å². The van der Waals surface area contributed by atoms with Crippen molar-refractivity contribution >= 4 is 16.6 Å². The summed E-state index contributed by atoms with van der Waals surface area (Å²) in [6.07, 6.45) is 5.05. The largest absolute Gasteiger partial charge is 0.395 e. The lowest BCUT2D eigenvalue weighted by Gasteiger charge is -2.36. The van der Waals surface area contributed by atoms with E-state index in [0.29, 0.717) is 10.9 Å². The van der Waals surface area contributed by atoms with Crippen molar-refractivity contribution in [2.24, 2.45) is 7.05 Å². The first kappa shape index (κ1) is 19.3. The monoisotopic (exact) mass is 408 g/mol. The summed E-state index contributed by atoms with van der Waals surface area (Å²) < 4.78 is 3.53. The Labute approximate surface area is 175 Å². The summed E-state index contributed by atoms with van der Waals surface area (Å²) in [6.45, 7) is 5.08. The SMILES string of the molecule is Cn1nc2c(c1CN1CCN(c3ccc4c(=O)n(CCO)cnc4c3)CC1)CCC2. The molecule has 1 aliphatic heterocycles. The number of fused-ring (bicyclic) bond motifs is 2. The molecule has 1 aromatic carbocycles. The number of benzene rings is 1. The van der Waals surface area contributed by atoms with Crippen LogP contribution in [-0.2, 0) is 33.0 Å². The summed E-state index contributed by atoms with van der Waals surface area (Å²) in [4.78, 5) is 21.8.